The van der Waals surface area contributed by atoms with Crippen molar-refractivity contribution in [1.82, 2.24) is 9.66 Å². The highest BCUT2D eigenvalue weighted by Crippen LogP contribution is 2.36. The van der Waals surface area contributed by atoms with E-state index in [1.165, 1.54) is 18.0 Å². The molecule has 3 rings (SSSR count). The number of carbonyl (C=O) groups excluding carboxylic acids is 1. The normalized spacial score (nSPS) is 11.2. The number of nitrogens with zero attached hydrogens (tertiary/aromatic N) is 3. The lowest BCUT2D eigenvalue weighted by Gasteiger charge is -2.12. The Hall–Kier alpha value is -2.91. The Bertz CT molecular complexity index is 1190. The van der Waals surface area contributed by atoms with E-state index in [1.807, 2.05) is 6.07 Å². The van der Waals surface area contributed by atoms with Crippen molar-refractivity contribution in [3.05, 3.63) is 61.6 Å². The molecule has 0 aliphatic rings. The second-order valence-electron chi connectivity index (χ2n) is 5.97. The largest absolute Gasteiger partial charge is 0.493 e. The zero-order chi connectivity index (χ0) is 21.1. The summed E-state index contributed by atoms with van der Waals surface area (Å²) in [4.78, 5) is 28.1. The molecule has 0 saturated heterocycles. The molecule has 3 aromatic rings. The highest BCUT2D eigenvalue weighted by molar-refractivity contribution is 9.10. The first-order chi connectivity index (χ1) is 13.8. The third-order valence-corrected chi connectivity index (χ3v) is 4.68. The first kappa shape index (κ1) is 20.8. The maximum atomic E-state index is 12.8. The van der Waals surface area contributed by atoms with Gasteiger partial charge in [0.1, 0.15) is 5.82 Å². The highest BCUT2D eigenvalue weighted by atomic mass is 79.9. The molecule has 8 nitrogen and oxygen atoms in total. The van der Waals surface area contributed by atoms with Crippen molar-refractivity contribution in [1.29, 1.82) is 0 Å². The van der Waals surface area contributed by atoms with Gasteiger partial charge in [-0.25, -0.2) is 4.98 Å². The van der Waals surface area contributed by atoms with E-state index in [9.17, 15) is 9.59 Å². The summed E-state index contributed by atoms with van der Waals surface area (Å²) in [5, 5.41) is 4.89. The fourth-order valence-corrected chi connectivity index (χ4v) is 3.25. The first-order valence-electron chi connectivity index (χ1n) is 8.32. The molecule has 1 heterocycles. The third kappa shape index (κ3) is 4.57. The average molecular weight is 480 g/mol. The third-order valence-electron chi connectivity index (χ3n) is 3.90. The molecule has 2 N–H and O–H groups in total. The van der Waals surface area contributed by atoms with Gasteiger partial charge in [-0.05, 0) is 42.8 Å². The topological polar surface area (TPSA) is 109 Å². The number of fused-ring (bicyclic) bond motifs is 1. The summed E-state index contributed by atoms with van der Waals surface area (Å²) in [6.45, 7) is 1.35. The maximum Gasteiger partial charge on any atom is 0.282 e. The van der Waals surface area contributed by atoms with Crippen LogP contribution in [0, 0.1) is 6.92 Å². The van der Waals surface area contributed by atoms with Crippen LogP contribution in [0.3, 0.4) is 0 Å². The monoisotopic (exact) mass is 478 g/mol. The number of halogens is 2. The molecule has 0 saturated carbocycles. The summed E-state index contributed by atoms with van der Waals surface area (Å²) in [5.41, 5.74) is 5.93. The Labute approximate surface area is 179 Å². The Morgan fingerprint density at radius 2 is 2.14 bits per heavy atom. The molecular weight excluding hydrogens is 464 g/mol. The van der Waals surface area contributed by atoms with Crippen molar-refractivity contribution in [2.75, 3.05) is 13.7 Å². The lowest BCUT2D eigenvalue weighted by atomic mass is 10.2. The standard InChI is InChI=1S/C19H16BrClN4O4/c1-10-24-15-4-3-12(20)7-13(15)19(27)25(10)23-8-11-5-14(21)18(16(6-11)28-2)29-9-17(22)26/h3-8H,9H2,1-2H3,(H2,22,26). The lowest BCUT2D eigenvalue weighted by Crippen LogP contribution is -2.21. The minimum Gasteiger partial charge on any atom is -0.493 e. The molecular formula is C19H16BrClN4O4. The van der Waals surface area contributed by atoms with Crippen LogP contribution >= 0.6 is 27.5 Å². The van der Waals surface area contributed by atoms with E-state index in [0.29, 0.717) is 28.0 Å². The van der Waals surface area contributed by atoms with Gasteiger partial charge in [0, 0.05) is 4.47 Å². The molecule has 0 fully saturated rings. The summed E-state index contributed by atoms with van der Waals surface area (Å²) in [5.74, 6) is 0.278. The van der Waals surface area contributed by atoms with E-state index in [-0.39, 0.29) is 22.9 Å². The number of ether oxygens (including phenoxy) is 2. The molecule has 0 radical (unpaired) electrons. The van der Waals surface area contributed by atoms with Crippen LogP contribution in [-0.4, -0.2) is 35.5 Å². The van der Waals surface area contributed by atoms with Crippen LogP contribution in [0.4, 0.5) is 0 Å². The van der Waals surface area contributed by atoms with Crippen LogP contribution in [-0.2, 0) is 4.79 Å². The summed E-state index contributed by atoms with van der Waals surface area (Å²) < 4.78 is 12.5. The Balaban J connectivity index is 2.01. The van der Waals surface area contributed by atoms with E-state index < -0.39 is 5.91 Å². The lowest BCUT2D eigenvalue weighted by molar-refractivity contribution is -0.119. The zero-order valence-corrected chi connectivity index (χ0v) is 17.8. The van der Waals surface area contributed by atoms with Gasteiger partial charge in [0.2, 0.25) is 0 Å². The molecule has 0 bridgehead atoms. The number of hydrogen-bond donors (Lipinski definition) is 1. The van der Waals surface area contributed by atoms with Crippen LogP contribution in [0.15, 0.2) is 44.7 Å². The Morgan fingerprint density at radius 1 is 1.38 bits per heavy atom. The first-order valence-corrected chi connectivity index (χ1v) is 9.49. The Kier molecular flexibility index (Phi) is 6.19. The summed E-state index contributed by atoms with van der Waals surface area (Å²) in [7, 11) is 1.43. The average Bonchev–Trinajstić information content (AvgIpc) is 2.67. The van der Waals surface area contributed by atoms with Crippen LogP contribution in [0.2, 0.25) is 5.02 Å². The van der Waals surface area contributed by atoms with Gasteiger partial charge >= 0.3 is 0 Å². The van der Waals surface area contributed by atoms with E-state index in [1.54, 1.807) is 31.2 Å². The number of rotatable bonds is 6. The predicted octanol–water partition coefficient (Wildman–Crippen LogP) is 2.88. The minimum absolute atomic E-state index is 0.190. The molecule has 0 spiro atoms. The van der Waals surface area contributed by atoms with Gasteiger partial charge in [0.05, 0.1) is 29.2 Å². The number of aromatic nitrogens is 2. The van der Waals surface area contributed by atoms with Gasteiger partial charge in [-0.2, -0.15) is 9.78 Å². The molecule has 0 aliphatic carbocycles. The highest BCUT2D eigenvalue weighted by Gasteiger charge is 2.13. The second kappa shape index (κ2) is 8.62. The van der Waals surface area contributed by atoms with Gasteiger partial charge in [-0.1, -0.05) is 27.5 Å². The smallest absolute Gasteiger partial charge is 0.282 e. The summed E-state index contributed by atoms with van der Waals surface area (Å²) in [6.07, 6.45) is 1.45. The van der Waals surface area contributed by atoms with Gasteiger partial charge in [0.25, 0.3) is 11.5 Å². The van der Waals surface area contributed by atoms with Crippen molar-refractivity contribution in [2.24, 2.45) is 10.8 Å². The number of hydrogen-bond acceptors (Lipinski definition) is 6. The number of primary amides is 1. The molecule has 10 heteroatoms. The van der Waals surface area contributed by atoms with Crippen molar-refractivity contribution < 1.29 is 14.3 Å². The maximum absolute atomic E-state index is 12.8. The SMILES string of the molecule is COc1cc(C=Nn2c(C)nc3ccc(Br)cc3c2=O)cc(Cl)c1OCC(N)=O. The molecule has 29 heavy (non-hydrogen) atoms. The quantitative estimate of drug-likeness (QED) is 0.547. The minimum atomic E-state index is -0.640. The predicted molar refractivity (Wildman–Crippen MR) is 114 cm³/mol. The summed E-state index contributed by atoms with van der Waals surface area (Å²) >= 11 is 9.59. The van der Waals surface area contributed by atoms with E-state index in [0.717, 1.165) is 4.47 Å². The van der Waals surface area contributed by atoms with Crippen molar-refractivity contribution in [3.63, 3.8) is 0 Å². The number of benzene rings is 2. The molecule has 150 valence electrons. The van der Waals surface area contributed by atoms with Crippen LogP contribution in [0.5, 0.6) is 11.5 Å². The van der Waals surface area contributed by atoms with Gasteiger partial charge < -0.3 is 15.2 Å². The number of aryl methyl sites for hydroxylation is 1. The zero-order valence-electron chi connectivity index (χ0n) is 15.5. The number of carbonyl (C=O) groups is 1. The molecule has 1 aromatic heterocycles. The van der Waals surface area contributed by atoms with Crippen molar-refractivity contribution in [3.8, 4) is 11.5 Å². The van der Waals surface area contributed by atoms with Gasteiger partial charge in [-0.15, -0.1) is 0 Å². The van der Waals surface area contributed by atoms with Crippen LogP contribution < -0.4 is 20.8 Å². The fraction of sp³-hybridized carbons (Fsp3) is 0.158. The van der Waals surface area contributed by atoms with E-state index in [2.05, 4.69) is 26.0 Å². The number of methoxy groups -OCH3 is 1. The van der Waals surface area contributed by atoms with Gasteiger partial charge in [-0.3, -0.25) is 9.59 Å². The number of nitrogens with two attached hydrogens (primary N) is 1. The molecule has 0 aliphatic heterocycles. The molecule has 0 atom stereocenters. The van der Waals surface area contributed by atoms with E-state index in [4.69, 9.17) is 26.8 Å². The second-order valence-corrected chi connectivity index (χ2v) is 7.29. The van der Waals surface area contributed by atoms with Crippen molar-refractivity contribution >= 4 is 50.6 Å². The van der Waals surface area contributed by atoms with Crippen LogP contribution in [0.1, 0.15) is 11.4 Å². The summed E-state index contributed by atoms with van der Waals surface area (Å²) in [6, 6.07) is 8.45. The van der Waals surface area contributed by atoms with E-state index >= 15 is 0 Å². The Morgan fingerprint density at radius 3 is 2.83 bits per heavy atom. The fourth-order valence-electron chi connectivity index (χ4n) is 2.62. The number of amides is 1. The van der Waals surface area contributed by atoms with Gasteiger partial charge in [0.15, 0.2) is 18.1 Å². The van der Waals surface area contributed by atoms with Crippen molar-refractivity contribution in [2.45, 2.75) is 6.92 Å². The van der Waals surface area contributed by atoms with Crippen LogP contribution in [0.25, 0.3) is 10.9 Å². The molecule has 1 amide bonds. The molecule has 0 unspecified atom stereocenters. The molecule has 2 aromatic carbocycles.